The van der Waals surface area contributed by atoms with Crippen molar-refractivity contribution in [1.29, 1.82) is 0 Å². The Balaban J connectivity index is 2.07. The van der Waals surface area contributed by atoms with Crippen molar-refractivity contribution in [2.75, 3.05) is 19.6 Å². The largest absolute Gasteiger partial charge is 0.444 e. The van der Waals surface area contributed by atoms with Crippen LogP contribution < -0.4 is 0 Å². The molecule has 0 bridgehead atoms. The van der Waals surface area contributed by atoms with Gasteiger partial charge in [-0.25, -0.2) is 4.79 Å². The topological polar surface area (TPSA) is 53.0 Å². The molecule has 3 atom stereocenters. The van der Waals surface area contributed by atoms with Crippen LogP contribution in [-0.2, 0) is 4.74 Å². The van der Waals surface area contributed by atoms with Gasteiger partial charge in [0.1, 0.15) is 5.60 Å². The van der Waals surface area contributed by atoms with Gasteiger partial charge >= 0.3 is 6.09 Å². The molecule has 1 N–H and O–H groups in total. The smallest absolute Gasteiger partial charge is 0.410 e. The average Bonchev–Trinajstić information content (AvgIpc) is 2.46. The summed E-state index contributed by atoms with van der Waals surface area (Å²) in [6.45, 7) is 11.5. The third-order valence-corrected chi connectivity index (χ3v) is 4.28. The number of hydrogen-bond acceptors (Lipinski definition) is 4. The lowest BCUT2D eigenvalue weighted by Crippen LogP contribution is -2.56. The Morgan fingerprint density at radius 3 is 2.38 bits per heavy atom. The molecule has 1 aliphatic rings. The number of carbonyl (C=O) groups excluding carboxylic acids is 1. The highest BCUT2D eigenvalue weighted by Gasteiger charge is 2.35. The molecular formula is C19H30N2O3. The molecule has 2 rings (SSSR count). The lowest BCUT2D eigenvalue weighted by molar-refractivity contribution is -0.0187. The van der Waals surface area contributed by atoms with E-state index in [0.717, 1.165) is 5.56 Å². The quantitative estimate of drug-likeness (QED) is 0.923. The number of nitrogens with zero attached hydrogens (tertiary/aromatic N) is 2. The van der Waals surface area contributed by atoms with Crippen molar-refractivity contribution in [3.05, 3.63) is 35.9 Å². The molecule has 1 fully saturated rings. The monoisotopic (exact) mass is 334 g/mol. The summed E-state index contributed by atoms with van der Waals surface area (Å²) in [7, 11) is 0. The molecule has 1 saturated heterocycles. The van der Waals surface area contributed by atoms with Gasteiger partial charge in [-0.2, -0.15) is 0 Å². The number of ether oxygens (including phenoxy) is 1. The highest BCUT2D eigenvalue weighted by atomic mass is 16.6. The fraction of sp³-hybridized carbons (Fsp3) is 0.632. The minimum absolute atomic E-state index is 0.0403. The van der Waals surface area contributed by atoms with E-state index < -0.39 is 11.7 Å². The number of carbonyl (C=O) groups is 1. The molecule has 0 radical (unpaired) electrons. The van der Waals surface area contributed by atoms with E-state index in [2.05, 4.69) is 4.90 Å². The number of piperazine rings is 1. The van der Waals surface area contributed by atoms with E-state index in [1.54, 1.807) is 4.90 Å². The first-order valence-corrected chi connectivity index (χ1v) is 8.65. The Morgan fingerprint density at radius 2 is 1.88 bits per heavy atom. The van der Waals surface area contributed by atoms with Crippen LogP contribution in [0.4, 0.5) is 4.79 Å². The van der Waals surface area contributed by atoms with Crippen LogP contribution in [0.25, 0.3) is 0 Å². The molecule has 5 nitrogen and oxygen atoms in total. The Bertz CT molecular complexity index is 539. The van der Waals surface area contributed by atoms with Gasteiger partial charge in [0.2, 0.25) is 0 Å². The summed E-state index contributed by atoms with van der Waals surface area (Å²) in [6.07, 6.45) is -0.740. The number of rotatable bonds is 3. The standard InChI is InChI=1S/C19H30N2O3/c1-14-13-20(11-12-21(14)18(23)24-19(3,4)5)17(15(2)22)16-9-7-6-8-10-16/h6-10,14-15,17,22H,11-13H2,1-5H3. The van der Waals surface area contributed by atoms with Crippen LogP contribution in [0.15, 0.2) is 30.3 Å². The fourth-order valence-corrected chi connectivity index (χ4v) is 3.27. The van der Waals surface area contributed by atoms with Gasteiger partial charge in [-0.3, -0.25) is 4.90 Å². The summed E-state index contributed by atoms with van der Waals surface area (Å²) in [4.78, 5) is 16.4. The van der Waals surface area contributed by atoms with Crippen LogP contribution in [-0.4, -0.2) is 58.4 Å². The maximum atomic E-state index is 12.3. The lowest BCUT2D eigenvalue weighted by atomic mass is 9.99. The Kier molecular flexibility index (Phi) is 5.88. The van der Waals surface area contributed by atoms with Crippen LogP contribution in [0.2, 0.25) is 0 Å². The number of amides is 1. The van der Waals surface area contributed by atoms with E-state index in [9.17, 15) is 9.90 Å². The number of hydrogen-bond donors (Lipinski definition) is 1. The first-order chi connectivity index (χ1) is 11.2. The predicted octanol–water partition coefficient (Wildman–Crippen LogP) is 3.05. The molecule has 134 valence electrons. The second-order valence-electron chi connectivity index (χ2n) is 7.61. The van der Waals surface area contributed by atoms with Crippen LogP contribution in [0.3, 0.4) is 0 Å². The Morgan fingerprint density at radius 1 is 1.25 bits per heavy atom. The molecule has 3 unspecified atom stereocenters. The van der Waals surface area contributed by atoms with Crippen LogP contribution in [0, 0.1) is 0 Å². The van der Waals surface area contributed by atoms with E-state index in [1.165, 1.54) is 0 Å². The molecule has 0 aromatic heterocycles. The van der Waals surface area contributed by atoms with Gasteiger partial charge in [0, 0.05) is 25.7 Å². The van der Waals surface area contributed by atoms with Gasteiger partial charge in [-0.15, -0.1) is 0 Å². The van der Waals surface area contributed by atoms with Crippen molar-refractivity contribution >= 4 is 6.09 Å². The molecule has 1 aromatic rings. The fourth-order valence-electron chi connectivity index (χ4n) is 3.27. The third kappa shape index (κ3) is 4.71. The number of aliphatic hydroxyl groups is 1. The second-order valence-corrected chi connectivity index (χ2v) is 7.61. The first kappa shape index (κ1) is 18.7. The molecule has 1 heterocycles. The summed E-state index contributed by atoms with van der Waals surface area (Å²) in [5, 5.41) is 10.3. The minimum Gasteiger partial charge on any atom is -0.444 e. The molecule has 1 amide bonds. The van der Waals surface area contributed by atoms with E-state index in [1.807, 2.05) is 65.0 Å². The lowest BCUT2D eigenvalue weighted by Gasteiger charge is -2.44. The third-order valence-electron chi connectivity index (χ3n) is 4.28. The van der Waals surface area contributed by atoms with E-state index in [-0.39, 0.29) is 18.2 Å². The first-order valence-electron chi connectivity index (χ1n) is 8.65. The van der Waals surface area contributed by atoms with Crippen LogP contribution in [0.1, 0.15) is 46.2 Å². The van der Waals surface area contributed by atoms with Crippen molar-refractivity contribution in [3.63, 3.8) is 0 Å². The normalized spacial score (nSPS) is 22.1. The molecule has 24 heavy (non-hydrogen) atoms. The predicted molar refractivity (Wildman–Crippen MR) is 94.8 cm³/mol. The zero-order valence-electron chi connectivity index (χ0n) is 15.4. The van der Waals surface area contributed by atoms with E-state index >= 15 is 0 Å². The zero-order valence-corrected chi connectivity index (χ0v) is 15.4. The summed E-state index contributed by atoms with van der Waals surface area (Å²) >= 11 is 0. The van der Waals surface area contributed by atoms with Crippen molar-refractivity contribution in [2.45, 2.75) is 58.4 Å². The zero-order chi connectivity index (χ0) is 17.9. The second kappa shape index (κ2) is 7.53. The molecule has 0 saturated carbocycles. The van der Waals surface area contributed by atoms with Crippen LogP contribution in [0.5, 0.6) is 0 Å². The van der Waals surface area contributed by atoms with Crippen LogP contribution >= 0.6 is 0 Å². The molecule has 5 heteroatoms. The van der Waals surface area contributed by atoms with Crippen molar-refractivity contribution < 1.29 is 14.6 Å². The van der Waals surface area contributed by atoms with Crippen molar-refractivity contribution in [3.8, 4) is 0 Å². The maximum absolute atomic E-state index is 12.3. The molecular weight excluding hydrogens is 304 g/mol. The van der Waals surface area contributed by atoms with Crippen molar-refractivity contribution in [1.82, 2.24) is 9.80 Å². The van der Waals surface area contributed by atoms with Gasteiger partial charge < -0.3 is 14.7 Å². The van der Waals surface area contributed by atoms with E-state index in [4.69, 9.17) is 4.74 Å². The SMILES string of the molecule is CC(O)C(c1ccccc1)N1CCN(C(=O)OC(C)(C)C)C(C)C1. The molecule has 0 aliphatic carbocycles. The van der Waals surface area contributed by atoms with Gasteiger partial charge in [-0.05, 0) is 40.2 Å². The average molecular weight is 334 g/mol. The summed E-state index contributed by atoms with van der Waals surface area (Å²) in [5.74, 6) is 0. The summed E-state index contributed by atoms with van der Waals surface area (Å²) < 4.78 is 5.49. The molecule has 1 aliphatic heterocycles. The van der Waals surface area contributed by atoms with Gasteiger partial charge in [0.05, 0.1) is 12.1 Å². The van der Waals surface area contributed by atoms with Gasteiger partial charge in [0.15, 0.2) is 0 Å². The minimum atomic E-state index is -0.486. The summed E-state index contributed by atoms with van der Waals surface area (Å²) in [5.41, 5.74) is 0.616. The molecule has 1 aromatic carbocycles. The van der Waals surface area contributed by atoms with Gasteiger partial charge in [0.25, 0.3) is 0 Å². The van der Waals surface area contributed by atoms with Gasteiger partial charge in [-0.1, -0.05) is 30.3 Å². The summed E-state index contributed by atoms with van der Waals surface area (Å²) in [6, 6.07) is 10.0. The Labute approximate surface area is 145 Å². The number of aliphatic hydroxyl groups excluding tert-OH is 1. The Hall–Kier alpha value is -1.59. The highest BCUT2D eigenvalue weighted by Crippen LogP contribution is 2.27. The maximum Gasteiger partial charge on any atom is 0.410 e. The molecule has 0 spiro atoms. The number of benzene rings is 1. The van der Waals surface area contributed by atoms with E-state index in [0.29, 0.717) is 19.6 Å². The highest BCUT2D eigenvalue weighted by molar-refractivity contribution is 5.68. The van der Waals surface area contributed by atoms with Crippen molar-refractivity contribution in [2.24, 2.45) is 0 Å².